The highest BCUT2D eigenvalue weighted by Gasteiger charge is 2.21. The Morgan fingerprint density at radius 2 is 2.21 bits per heavy atom. The van der Waals surface area contributed by atoms with Crippen molar-refractivity contribution in [1.29, 1.82) is 5.26 Å². The lowest BCUT2D eigenvalue weighted by Crippen LogP contribution is -2.00. The number of hydrogen-bond donors (Lipinski definition) is 0. The smallest absolute Gasteiger partial charge is 0.217 e. The minimum Gasteiger partial charge on any atom is -0.217 e. The van der Waals surface area contributed by atoms with Crippen LogP contribution in [0.4, 0.5) is 0 Å². The molecular weight excluding hydrogens is 318 g/mol. The molecule has 0 saturated carbocycles. The van der Waals surface area contributed by atoms with Gasteiger partial charge in [0.05, 0.1) is 4.21 Å². The first kappa shape index (κ1) is 14.3. The fourth-order valence-electron chi connectivity index (χ4n) is 1.35. The number of hydrogen-bond acceptors (Lipinski definition) is 6. The highest BCUT2D eigenvalue weighted by Crippen LogP contribution is 2.29. The van der Waals surface area contributed by atoms with Crippen LogP contribution in [0, 0.1) is 11.3 Å². The van der Waals surface area contributed by atoms with Crippen molar-refractivity contribution >= 4 is 50.3 Å². The highest BCUT2D eigenvalue weighted by molar-refractivity contribution is 8.00. The molecular formula is C12H9NO2S4. The van der Waals surface area contributed by atoms with Crippen LogP contribution in [-0.4, -0.2) is 14.7 Å². The average molecular weight is 327 g/mol. The van der Waals surface area contributed by atoms with Crippen LogP contribution in [0.3, 0.4) is 0 Å². The van der Waals surface area contributed by atoms with Crippen LogP contribution < -0.4 is 0 Å². The summed E-state index contributed by atoms with van der Waals surface area (Å²) in [6.07, 6.45) is 3.38. The molecule has 7 heteroatoms. The number of rotatable bonds is 4. The van der Waals surface area contributed by atoms with Gasteiger partial charge in [-0.2, -0.15) is 5.26 Å². The summed E-state index contributed by atoms with van der Waals surface area (Å²) in [6.45, 7) is 0. The van der Waals surface area contributed by atoms with Gasteiger partial charge in [0.25, 0.3) is 0 Å². The van der Waals surface area contributed by atoms with E-state index in [1.165, 1.54) is 23.5 Å². The van der Waals surface area contributed by atoms with Gasteiger partial charge in [-0.1, -0.05) is 6.07 Å². The van der Waals surface area contributed by atoms with Gasteiger partial charge in [0, 0.05) is 4.88 Å². The molecule has 2 rings (SSSR count). The molecule has 0 N–H and O–H groups in total. The molecule has 3 nitrogen and oxygen atoms in total. The van der Waals surface area contributed by atoms with Crippen LogP contribution in [-0.2, 0) is 9.84 Å². The molecule has 2 heterocycles. The number of sulfone groups is 1. The van der Waals surface area contributed by atoms with Crippen molar-refractivity contribution in [1.82, 2.24) is 0 Å². The molecule has 0 unspecified atom stereocenters. The monoisotopic (exact) mass is 327 g/mol. The van der Waals surface area contributed by atoms with E-state index in [2.05, 4.69) is 0 Å². The van der Waals surface area contributed by atoms with Gasteiger partial charge in [0.2, 0.25) is 9.84 Å². The van der Waals surface area contributed by atoms with Crippen LogP contribution >= 0.6 is 34.4 Å². The summed E-state index contributed by atoms with van der Waals surface area (Å²) in [5.41, 5.74) is 0. The fourth-order valence-corrected chi connectivity index (χ4v) is 5.20. The third-order valence-electron chi connectivity index (χ3n) is 2.24. The average Bonchev–Trinajstić information content (AvgIpc) is 3.06. The number of thioether (sulfide) groups is 1. The van der Waals surface area contributed by atoms with Gasteiger partial charge in [0.15, 0.2) is 4.91 Å². The Bertz CT molecular complexity index is 733. The van der Waals surface area contributed by atoms with E-state index in [-0.39, 0.29) is 9.11 Å². The maximum absolute atomic E-state index is 12.2. The molecule has 0 amide bonds. The van der Waals surface area contributed by atoms with E-state index in [4.69, 9.17) is 5.26 Å². The molecule has 0 bridgehead atoms. The molecule has 2 aromatic heterocycles. The van der Waals surface area contributed by atoms with Gasteiger partial charge in [-0.3, -0.25) is 0 Å². The molecule has 0 aliphatic heterocycles. The zero-order chi connectivity index (χ0) is 13.9. The van der Waals surface area contributed by atoms with Crippen LogP contribution in [0.15, 0.2) is 43.0 Å². The standard InChI is InChI=1S/C12H9NO2S4/c1-16-11-5-4-9(18-11)7-10(8-13)19(14,15)12-3-2-6-17-12/h2-7H,1H3. The maximum atomic E-state index is 12.2. The first-order valence-electron chi connectivity index (χ1n) is 5.12. The van der Waals surface area contributed by atoms with Gasteiger partial charge in [-0.15, -0.1) is 34.4 Å². The van der Waals surface area contributed by atoms with Gasteiger partial charge in [-0.25, -0.2) is 8.42 Å². The van der Waals surface area contributed by atoms with Crippen molar-refractivity contribution in [2.24, 2.45) is 0 Å². The van der Waals surface area contributed by atoms with E-state index in [0.717, 1.165) is 20.4 Å². The van der Waals surface area contributed by atoms with Gasteiger partial charge in [0.1, 0.15) is 10.3 Å². The fraction of sp³-hybridized carbons (Fsp3) is 0.0833. The molecule has 0 radical (unpaired) electrons. The van der Waals surface area contributed by atoms with Crippen molar-refractivity contribution in [3.63, 3.8) is 0 Å². The number of nitrogens with zero attached hydrogens (tertiary/aromatic N) is 1. The minimum absolute atomic E-state index is 0.196. The Hall–Kier alpha value is -1.07. The summed E-state index contributed by atoms with van der Waals surface area (Å²) in [7, 11) is -3.69. The van der Waals surface area contributed by atoms with Gasteiger partial charge in [-0.05, 0) is 35.9 Å². The number of nitriles is 1. The Morgan fingerprint density at radius 1 is 1.42 bits per heavy atom. The SMILES string of the molecule is CSc1ccc(C=C(C#N)S(=O)(=O)c2cccs2)s1. The molecule has 19 heavy (non-hydrogen) atoms. The topological polar surface area (TPSA) is 57.9 Å². The van der Waals surface area contributed by atoms with E-state index < -0.39 is 9.84 Å². The third-order valence-corrected chi connectivity index (χ3v) is 7.41. The van der Waals surface area contributed by atoms with Gasteiger partial charge < -0.3 is 0 Å². The molecule has 98 valence electrons. The lowest BCUT2D eigenvalue weighted by Gasteiger charge is -1.98. The van der Waals surface area contributed by atoms with Crippen LogP contribution in [0.1, 0.15) is 4.88 Å². The Morgan fingerprint density at radius 3 is 2.74 bits per heavy atom. The van der Waals surface area contributed by atoms with Crippen LogP contribution in [0.25, 0.3) is 6.08 Å². The molecule has 0 aromatic carbocycles. The quantitative estimate of drug-likeness (QED) is 0.632. The summed E-state index contributed by atoms with van der Waals surface area (Å²) >= 11 is 4.17. The van der Waals surface area contributed by atoms with Gasteiger partial charge >= 0.3 is 0 Å². The second-order valence-electron chi connectivity index (χ2n) is 3.42. The molecule has 2 aromatic rings. The zero-order valence-corrected chi connectivity index (χ0v) is 13.1. The summed E-state index contributed by atoms with van der Waals surface area (Å²) in [5, 5.41) is 10.8. The maximum Gasteiger partial charge on any atom is 0.226 e. The van der Waals surface area contributed by atoms with E-state index in [0.29, 0.717) is 0 Å². The van der Waals surface area contributed by atoms with Crippen molar-refractivity contribution in [3.8, 4) is 6.07 Å². The molecule has 0 atom stereocenters. The first-order valence-corrected chi connectivity index (χ1v) is 9.52. The van der Waals surface area contributed by atoms with Crippen LogP contribution in [0.5, 0.6) is 0 Å². The molecule has 0 saturated heterocycles. The van der Waals surface area contributed by atoms with E-state index in [1.54, 1.807) is 29.3 Å². The van der Waals surface area contributed by atoms with Crippen molar-refractivity contribution < 1.29 is 8.42 Å². The molecule has 0 aliphatic rings. The molecule has 0 aliphatic carbocycles. The molecule has 0 fully saturated rings. The highest BCUT2D eigenvalue weighted by atomic mass is 32.2. The lowest BCUT2D eigenvalue weighted by molar-refractivity contribution is 0.605. The van der Waals surface area contributed by atoms with Crippen molar-refractivity contribution in [2.75, 3.05) is 6.26 Å². The summed E-state index contributed by atoms with van der Waals surface area (Å²) in [4.78, 5) is 0.547. The Labute approximate surface area is 124 Å². The molecule has 0 spiro atoms. The first-order chi connectivity index (χ1) is 9.07. The summed E-state index contributed by atoms with van der Waals surface area (Å²) < 4.78 is 25.7. The number of allylic oxidation sites excluding steroid dienone is 1. The second-order valence-corrected chi connectivity index (χ2v) is 8.73. The van der Waals surface area contributed by atoms with Crippen molar-refractivity contribution in [2.45, 2.75) is 8.42 Å². The second kappa shape index (κ2) is 5.92. The Kier molecular flexibility index (Phi) is 4.47. The van der Waals surface area contributed by atoms with E-state index in [9.17, 15) is 8.42 Å². The van der Waals surface area contributed by atoms with E-state index in [1.807, 2.05) is 18.4 Å². The van der Waals surface area contributed by atoms with E-state index >= 15 is 0 Å². The predicted octanol–water partition coefficient (Wildman–Crippen LogP) is 3.87. The van der Waals surface area contributed by atoms with Crippen LogP contribution in [0.2, 0.25) is 0 Å². The summed E-state index contributed by atoms with van der Waals surface area (Å²) in [6, 6.07) is 8.68. The minimum atomic E-state index is -3.69. The predicted molar refractivity (Wildman–Crippen MR) is 81.2 cm³/mol. The number of thiophene rings is 2. The summed E-state index contributed by atoms with van der Waals surface area (Å²) in [5.74, 6) is 0. The largest absolute Gasteiger partial charge is 0.226 e. The Balaban J connectivity index is 2.43. The lowest BCUT2D eigenvalue weighted by atomic mass is 10.4. The third kappa shape index (κ3) is 3.09. The zero-order valence-electron chi connectivity index (χ0n) is 9.86. The normalized spacial score (nSPS) is 12.3. The van der Waals surface area contributed by atoms with Crippen molar-refractivity contribution in [3.05, 3.63) is 39.4 Å².